The minimum absolute atomic E-state index is 0.143. The van der Waals surface area contributed by atoms with Crippen LogP contribution in [0.1, 0.15) is 62.9 Å². The summed E-state index contributed by atoms with van der Waals surface area (Å²) in [4.78, 5) is 0. The molecule has 1 atom stereocenters. The molecule has 0 bridgehead atoms. The molecule has 0 fully saturated rings. The average molecular weight is 233 g/mol. The Morgan fingerprint density at radius 1 is 1.00 bits per heavy atom. The lowest BCUT2D eigenvalue weighted by Crippen LogP contribution is -2.20. The van der Waals surface area contributed by atoms with E-state index in [1.165, 1.54) is 22.3 Å². The summed E-state index contributed by atoms with van der Waals surface area (Å²) in [5.74, 6) is 0.480. The van der Waals surface area contributed by atoms with Gasteiger partial charge in [0.1, 0.15) is 0 Å². The Labute approximate surface area is 106 Å². The number of aryl methyl sites for hydroxylation is 2. The summed E-state index contributed by atoms with van der Waals surface area (Å²) in [5.41, 5.74) is 11.9. The van der Waals surface area contributed by atoms with Crippen molar-refractivity contribution in [3.05, 3.63) is 34.4 Å². The summed E-state index contributed by atoms with van der Waals surface area (Å²) in [6.45, 7) is 15.5. The van der Waals surface area contributed by atoms with Crippen LogP contribution >= 0.6 is 0 Å². The molecule has 1 aromatic rings. The van der Waals surface area contributed by atoms with Gasteiger partial charge in [-0.1, -0.05) is 46.8 Å². The Morgan fingerprint density at radius 3 is 1.71 bits per heavy atom. The van der Waals surface area contributed by atoms with Crippen molar-refractivity contribution in [3.63, 3.8) is 0 Å². The van der Waals surface area contributed by atoms with Gasteiger partial charge in [0.25, 0.3) is 0 Å². The maximum Gasteiger partial charge on any atom is 0.0323 e. The van der Waals surface area contributed by atoms with Crippen molar-refractivity contribution in [2.75, 3.05) is 0 Å². The van der Waals surface area contributed by atoms with Gasteiger partial charge in [0.15, 0.2) is 0 Å². The van der Waals surface area contributed by atoms with Crippen LogP contribution in [0.4, 0.5) is 0 Å². The van der Waals surface area contributed by atoms with Gasteiger partial charge in [0, 0.05) is 6.04 Å². The number of benzene rings is 1. The maximum absolute atomic E-state index is 6.30. The number of hydrogen-bond donors (Lipinski definition) is 1. The second kappa shape index (κ2) is 4.81. The molecule has 1 aromatic carbocycles. The fourth-order valence-electron chi connectivity index (χ4n) is 2.27. The first-order chi connectivity index (χ1) is 7.64. The second-order valence-corrected chi connectivity index (χ2v) is 6.54. The van der Waals surface area contributed by atoms with Gasteiger partial charge in [-0.25, -0.2) is 0 Å². The summed E-state index contributed by atoms with van der Waals surface area (Å²) in [5, 5.41) is 0. The van der Waals surface area contributed by atoms with E-state index in [0.29, 0.717) is 5.92 Å². The van der Waals surface area contributed by atoms with E-state index in [0.717, 1.165) is 0 Å². The molecule has 1 unspecified atom stereocenters. The molecule has 1 nitrogen and oxygen atoms in total. The molecule has 0 aliphatic rings. The molecule has 0 heterocycles. The molecule has 0 amide bonds. The molecule has 0 saturated heterocycles. The van der Waals surface area contributed by atoms with Crippen LogP contribution in [0, 0.1) is 19.8 Å². The van der Waals surface area contributed by atoms with Crippen molar-refractivity contribution in [2.45, 2.75) is 59.9 Å². The highest BCUT2D eigenvalue weighted by Gasteiger charge is 2.20. The maximum atomic E-state index is 6.30. The molecule has 1 heteroatoms. The largest absolute Gasteiger partial charge is 0.324 e. The Kier molecular flexibility index (Phi) is 4.03. The summed E-state index contributed by atoms with van der Waals surface area (Å²) < 4.78 is 0. The average Bonchev–Trinajstić information content (AvgIpc) is 2.14. The van der Waals surface area contributed by atoms with Crippen molar-refractivity contribution in [1.29, 1.82) is 0 Å². The lowest BCUT2D eigenvalue weighted by Gasteiger charge is -2.26. The molecule has 0 spiro atoms. The van der Waals surface area contributed by atoms with Crippen molar-refractivity contribution >= 4 is 0 Å². The molecular weight excluding hydrogens is 206 g/mol. The van der Waals surface area contributed by atoms with Crippen LogP contribution in [-0.4, -0.2) is 0 Å². The standard InChI is InChI=1S/C16H27N/c1-10(2)15(17)14-11(3)8-13(9-12(14)4)16(5,6)7/h8-10,15H,17H2,1-7H3. The highest BCUT2D eigenvalue weighted by Crippen LogP contribution is 2.31. The van der Waals surface area contributed by atoms with E-state index in [1.807, 2.05) is 0 Å². The van der Waals surface area contributed by atoms with Gasteiger partial charge in [0.2, 0.25) is 0 Å². The van der Waals surface area contributed by atoms with Crippen LogP contribution in [0.3, 0.4) is 0 Å². The van der Waals surface area contributed by atoms with E-state index >= 15 is 0 Å². The zero-order chi connectivity index (χ0) is 13.4. The fraction of sp³-hybridized carbons (Fsp3) is 0.625. The first-order valence-corrected chi connectivity index (χ1v) is 6.51. The Morgan fingerprint density at radius 2 is 1.41 bits per heavy atom. The highest BCUT2D eigenvalue weighted by atomic mass is 14.6. The second-order valence-electron chi connectivity index (χ2n) is 6.54. The van der Waals surface area contributed by atoms with E-state index in [9.17, 15) is 0 Å². The van der Waals surface area contributed by atoms with E-state index < -0.39 is 0 Å². The molecule has 0 aliphatic heterocycles. The number of hydrogen-bond acceptors (Lipinski definition) is 1. The molecule has 0 saturated carbocycles. The Balaban J connectivity index is 3.29. The molecule has 0 aromatic heterocycles. The summed E-state index contributed by atoms with van der Waals surface area (Å²) in [6, 6.07) is 4.74. The summed E-state index contributed by atoms with van der Waals surface area (Å²) >= 11 is 0. The molecule has 17 heavy (non-hydrogen) atoms. The van der Waals surface area contributed by atoms with E-state index in [4.69, 9.17) is 5.73 Å². The minimum Gasteiger partial charge on any atom is -0.324 e. The first kappa shape index (κ1) is 14.2. The zero-order valence-corrected chi connectivity index (χ0v) is 12.4. The van der Waals surface area contributed by atoms with Gasteiger partial charge in [-0.15, -0.1) is 0 Å². The van der Waals surface area contributed by atoms with Crippen molar-refractivity contribution in [1.82, 2.24) is 0 Å². The monoisotopic (exact) mass is 233 g/mol. The van der Waals surface area contributed by atoms with Gasteiger partial charge in [0.05, 0.1) is 0 Å². The molecule has 96 valence electrons. The fourth-order valence-corrected chi connectivity index (χ4v) is 2.27. The van der Waals surface area contributed by atoms with Gasteiger partial charge in [-0.3, -0.25) is 0 Å². The minimum atomic E-state index is 0.143. The van der Waals surface area contributed by atoms with Gasteiger partial charge in [-0.2, -0.15) is 0 Å². The van der Waals surface area contributed by atoms with Crippen molar-refractivity contribution in [2.24, 2.45) is 11.7 Å². The van der Waals surface area contributed by atoms with E-state index in [2.05, 4.69) is 60.6 Å². The third-order valence-electron chi connectivity index (χ3n) is 3.51. The zero-order valence-electron chi connectivity index (χ0n) is 12.4. The van der Waals surface area contributed by atoms with Gasteiger partial charge >= 0.3 is 0 Å². The van der Waals surface area contributed by atoms with Gasteiger partial charge in [-0.05, 0) is 47.4 Å². The normalized spacial score (nSPS) is 14.2. The van der Waals surface area contributed by atoms with Crippen LogP contribution in [0.2, 0.25) is 0 Å². The smallest absolute Gasteiger partial charge is 0.0323 e. The van der Waals surface area contributed by atoms with Crippen LogP contribution in [-0.2, 0) is 5.41 Å². The third-order valence-corrected chi connectivity index (χ3v) is 3.51. The predicted octanol–water partition coefficient (Wildman–Crippen LogP) is 4.26. The predicted molar refractivity (Wildman–Crippen MR) is 76.4 cm³/mol. The lowest BCUT2D eigenvalue weighted by atomic mass is 9.81. The van der Waals surface area contributed by atoms with Crippen LogP contribution in [0.25, 0.3) is 0 Å². The number of rotatable bonds is 2. The quantitative estimate of drug-likeness (QED) is 0.811. The Bertz CT molecular complexity index is 373. The summed E-state index contributed by atoms with van der Waals surface area (Å²) in [7, 11) is 0. The SMILES string of the molecule is Cc1cc(C(C)(C)C)cc(C)c1C(N)C(C)C. The molecule has 0 aliphatic carbocycles. The molecule has 0 radical (unpaired) electrons. The molecule has 1 rings (SSSR count). The van der Waals surface area contributed by atoms with Crippen molar-refractivity contribution < 1.29 is 0 Å². The summed E-state index contributed by atoms with van der Waals surface area (Å²) in [6.07, 6.45) is 0. The lowest BCUT2D eigenvalue weighted by molar-refractivity contribution is 0.508. The van der Waals surface area contributed by atoms with Gasteiger partial charge < -0.3 is 5.73 Å². The van der Waals surface area contributed by atoms with E-state index in [1.54, 1.807) is 0 Å². The van der Waals surface area contributed by atoms with Crippen molar-refractivity contribution in [3.8, 4) is 0 Å². The van der Waals surface area contributed by atoms with Crippen LogP contribution < -0.4 is 5.73 Å². The first-order valence-electron chi connectivity index (χ1n) is 6.51. The highest BCUT2D eigenvalue weighted by molar-refractivity contribution is 5.42. The molecular formula is C16H27N. The third kappa shape index (κ3) is 3.10. The Hall–Kier alpha value is -0.820. The topological polar surface area (TPSA) is 26.0 Å². The van der Waals surface area contributed by atoms with Crippen LogP contribution in [0.5, 0.6) is 0 Å². The van der Waals surface area contributed by atoms with Crippen LogP contribution in [0.15, 0.2) is 12.1 Å². The molecule has 2 N–H and O–H groups in total. The van der Waals surface area contributed by atoms with E-state index in [-0.39, 0.29) is 11.5 Å². The number of nitrogens with two attached hydrogens (primary N) is 1.